The zero-order valence-electron chi connectivity index (χ0n) is 17.6. The van der Waals surface area contributed by atoms with Gasteiger partial charge in [0, 0.05) is 37.8 Å². The zero-order chi connectivity index (χ0) is 23.8. The van der Waals surface area contributed by atoms with Gasteiger partial charge in [0.25, 0.3) is 6.47 Å². The van der Waals surface area contributed by atoms with E-state index in [9.17, 15) is 24.0 Å². The van der Waals surface area contributed by atoms with E-state index in [4.69, 9.17) is 14.9 Å². The van der Waals surface area contributed by atoms with Crippen LogP contribution in [0.4, 0.5) is 4.79 Å². The average molecular weight is 452 g/mol. The predicted octanol–water partition coefficient (Wildman–Crippen LogP) is 1.45. The molecular weight excluding hydrogens is 424 g/mol. The van der Waals surface area contributed by atoms with E-state index in [1.54, 1.807) is 12.1 Å². The molecule has 1 aromatic rings. The lowest BCUT2D eigenvalue weighted by molar-refractivity contribution is -0.139. The van der Waals surface area contributed by atoms with Crippen LogP contribution in [0.1, 0.15) is 44.1 Å². The molecule has 0 heterocycles. The predicted molar refractivity (Wildman–Crippen MR) is 110 cm³/mol. The monoisotopic (exact) mass is 452 g/mol. The summed E-state index contributed by atoms with van der Waals surface area (Å²) in [5.41, 5.74) is -0.385. The van der Waals surface area contributed by atoms with E-state index in [0.29, 0.717) is 0 Å². The fourth-order valence-corrected chi connectivity index (χ4v) is 2.97. The number of aliphatic carboxylic acids is 2. The third kappa shape index (κ3) is 11.5. The van der Waals surface area contributed by atoms with E-state index in [1.165, 1.54) is 0 Å². The number of carbonyl (C=O) groups is 5. The molecule has 0 spiro atoms. The second-order valence-electron chi connectivity index (χ2n) is 7.07. The number of rotatable bonds is 16. The largest absolute Gasteiger partial charge is 0.481 e. The molecule has 0 fully saturated rings. The summed E-state index contributed by atoms with van der Waals surface area (Å²) in [7, 11) is 0. The summed E-state index contributed by atoms with van der Waals surface area (Å²) in [5, 5.41) is 23.2. The van der Waals surface area contributed by atoms with Crippen molar-refractivity contribution in [3.05, 3.63) is 35.9 Å². The van der Waals surface area contributed by atoms with Gasteiger partial charge in [0.15, 0.2) is 0 Å². The van der Waals surface area contributed by atoms with Crippen LogP contribution in [-0.2, 0) is 35.3 Å². The highest BCUT2D eigenvalue weighted by Crippen LogP contribution is 2.25. The highest BCUT2D eigenvalue weighted by atomic mass is 16.5. The Kier molecular flexibility index (Phi) is 11.9. The van der Waals surface area contributed by atoms with Gasteiger partial charge in [-0.25, -0.2) is 4.79 Å². The Bertz CT molecular complexity index is 750. The first kappa shape index (κ1) is 26.4. The molecule has 0 aliphatic rings. The van der Waals surface area contributed by atoms with Crippen molar-refractivity contribution in [1.82, 2.24) is 10.6 Å². The minimum absolute atomic E-state index is 0.0434. The average Bonchev–Trinajstić information content (AvgIpc) is 2.75. The molecule has 0 bridgehead atoms. The summed E-state index contributed by atoms with van der Waals surface area (Å²) in [5.74, 6) is -2.74. The van der Waals surface area contributed by atoms with E-state index in [2.05, 4.69) is 15.4 Å². The third-order valence-corrected chi connectivity index (χ3v) is 4.64. The maximum absolute atomic E-state index is 12.4. The summed E-state index contributed by atoms with van der Waals surface area (Å²) in [6, 6.07) is 9.04. The number of hydrogen-bond donors (Lipinski definition) is 4. The lowest BCUT2D eigenvalue weighted by Crippen LogP contribution is -2.50. The van der Waals surface area contributed by atoms with Gasteiger partial charge in [-0.3, -0.25) is 19.2 Å². The van der Waals surface area contributed by atoms with Crippen LogP contribution in [0.15, 0.2) is 30.3 Å². The van der Waals surface area contributed by atoms with Gasteiger partial charge >= 0.3 is 18.0 Å². The van der Waals surface area contributed by atoms with Crippen LogP contribution in [-0.4, -0.2) is 59.3 Å². The molecule has 0 aromatic heterocycles. The fraction of sp³-hybridized carbons (Fsp3) is 0.476. The van der Waals surface area contributed by atoms with Crippen molar-refractivity contribution in [2.24, 2.45) is 0 Å². The Morgan fingerprint density at radius 1 is 0.938 bits per heavy atom. The molecule has 0 aliphatic carbocycles. The van der Waals surface area contributed by atoms with Crippen molar-refractivity contribution in [2.45, 2.75) is 50.7 Å². The SMILES string of the molecule is O=COCCC(CCC(=O)O)(CCC(=O)O)NC(=O)CCNC(=O)OCc1ccccc1. The number of carboxylic acid groups (broad SMARTS) is 2. The molecular formula is C21H28N2O9. The number of carbonyl (C=O) groups excluding carboxylic acids is 3. The quantitative estimate of drug-likeness (QED) is 0.214. The van der Waals surface area contributed by atoms with E-state index < -0.39 is 29.5 Å². The Hall–Kier alpha value is -3.63. The van der Waals surface area contributed by atoms with Gasteiger partial charge < -0.3 is 30.3 Å². The number of benzene rings is 1. The highest BCUT2D eigenvalue weighted by Gasteiger charge is 2.33. The number of alkyl carbamates (subject to hydrolysis) is 1. The van der Waals surface area contributed by atoms with Gasteiger partial charge in [0.05, 0.1) is 6.61 Å². The van der Waals surface area contributed by atoms with Crippen LogP contribution >= 0.6 is 0 Å². The summed E-state index contributed by atoms with van der Waals surface area (Å²) in [6.07, 6.45) is -1.52. The van der Waals surface area contributed by atoms with E-state index in [-0.39, 0.29) is 64.8 Å². The maximum atomic E-state index is 12.4. The van der Waals surface area contributed by atoms with Crippen LogP contribution in [0.5, 0.6) is 0 Å². The lowest BCUT2D eigenvalue weighted by atomic mass is 9.84. The van der Waals surface area contributed by atoms with Crippen molar-refractivity contribution in [2.75, 3.05) is 13.2 Å². The van der Waals surface area contributed by atoms with Gasteiger partial charge in [0.1, 0.15) is 6.61 Å². The summed E-state index contributed by atoms with van der Waals surface area (Å²) >= 11 is 0. The molecule has 0 atom stereocenters. The number of nitrogens with one attached hydrogen (secondary N) is 2. The number of ether oxygens (including phenoxy) is 2. The first-order valence-corrected chi connectivity index (χ1v) is 10.0. The number of amides is 2. The second kappa shape index (κ2) is 14.4. The summed E-state index contributed by atoms with van der Waals surface area (Å²) < 4.78 is 9.70. The molecule has 176 valence electrons. The zero-order valence-corrected chi connectivity index (χ0v) is 17.6. The maximum Gasteiger partial charge on any atom is 0.407 e. The Balaban J connectivity index is 2.61. The van der Waals surface area contributed by atoms with Crippen molar-refractivity contribution in [3.8, 4) is 0 Å². The summed E-state index contributed by atoms with van der Waals surface area (Å²) in [4.78, 5) is 56.7. The van der Waals surface area contributed by atoms with Crippen LogP contribution in [0.3, 0.4) is 0 Å². The van der Waals surface area contributed by atoms with Crippen molar-refractivity contribution >= 4 is 30.4 Å². The van der Waals surface area contributed by atoms with Crippen LogP contribution in [0, 0.1) is 0 Å². The normalized spacial score (nSPS) is 10.6. The van der Waals surface area contributed by atoms with Crippen LogP contribution in [0.25, 0.3) is 0 Å². The molecule has 0 unspecified atom stereocenters. The molecule has 11 heteroatoms. The minimum atomic E-state index is -1.19. The molecule has 2 amide bonds. The van der Waals surface area contributed by atoms with Crippen molar-refractivity contribution < 1.29 is 43.7 Å². The first-order chi connectivity index (χ1) is 15.3. The van der Waals surface area contributed by atoms with Crippen molar-refractivity contribution in [3.63, 3.8) is 0 Å². The van der Waals surface area contributed by atoms with Gasteiger partial charge in [0.2, 0.25) is 5.91 Å². The molecule has 0 aliphatic heterocycles. The lowest BCUT2D eigenvalue weighted by Gasteiger charge is -2.34. The molecule has 0 saturated carbocycles. The fourth-order valence-electron chi connectivity index (χ4n) is 2.97. The molecule has 0 saturated heterocycles. The molecule has 1 aromatic carbocycles. The molecule has 4 N–H and O–H groups in total. The van der Waals surface area contributed by atoms with E-state index in [0.717, 1.165) is 5.56 Å². The Morgan fingerprint density at radius 3 is 2.12 bits per heavy atom. The van der Waals surface area contributed by atoms with Crippen LogP contribution in [0.2, 0.25) is 0 Å². The van der Waals surface area contributed by atoms with E-state index in [1.807, 2.05) is 18.2 Å². The Morgan fingerprint density at radius 2 is 1.56 bits per heavy atom. The van der Waals surface area contributed by atoms with E-state index >= 15 is 0 Å². The molecule has 11 nitrogen and oxygen atoms in total. The van der Waals surface area contributed by atoms with Gasteiger partial charge in [-0.15, -0.1) is 0 Å². The standard InChI is InChI=1S/C21H28N2O9/c24-15-31-13-11-21(9-6-18(26)27,10-7-19(28)29)23-17(25)8-12-22-20(30)32-14-16-4-2-1-3-5-16/h1-5,15H,6-14H2,(H,22,30)(H,23,25)(H,26,27)(H,28,29). The first-order valence-electron chi connectivity index (χ1n) is 10.0. The minimum Gasteiger partial charge on any atom is -0.481 e. The van der Waals surface area contributed by atoms with Crippen LogP contribution < -0.4 is 10.6 Å². The molecule has 32 heavy (non-hydrogen) atoms. The number of hydrogen-bond acceptors (Lipinski definition) is 7. The number of carboxylic acids is 2. The van der Waals surface area contributed by atoms with Crippen molar-refractivity contribution in [1.29, 1.82) is 0 Å². The van der Waals surface area contributed by atoms with Gasteiger partial charge in [-0.05, 0) is 18.4 Å². The van der Waals surface area contributed by atoms with Gasteiger partial charge in [-0.2, -0.15) is 0 Å². The van der Waals surface area contributed by atoms with Gasteiger partial charge in [-0.1, -0.05) is 30.3 Å². The highest BCUT2D eigenvalue weighted by molar-refractivity contribution is 5.78. The second-order valence-corrected chi connectivity index (χ2v) is 7.07. The third-order valence-electron chi connectivity index (χ3n) is 4.64. The molecule has 1 rings (SSSR count). The summed E-state index contributed by atoms with van der Waals surface area (Å²) in [6.45, 7) is 0.125. The Labute approximate surface area is 185 Å². The topological polar surface area (TPSA) is 168 Å². The smallest absolute Gasteiger partial charge is 0.407 e. The molecule has 0 radical (unpaired) electrons.